The van der Waals surface area contributed by atoms with Crippen LogP contribution in [0, 0.1) is 27.7 Å². The summed E-state index contributed by atoms with van der Waals surface area (Å²) in [5.41, 5.74) is 8.46. The van der Waals surface area contributed by atoms with Crippen molar-refractivity contribution < 1.29 is 0 Å². The van der Waals surface area contributed by atoms with E-state index >= 15 is 0 Å². The largest absolute Gasteiger partial charge is 0.240 e. The smallest absolute Gasteiger partial charge is 0.0930 e. The standard InChI is InChI=1S/C19H20N2/c1-13-5-8-18(16(4)11-13)19-9-10-21(20-19)17-7-6-14(2)15(3)12-17/h5-12H,1-4H3. The second-order valence-corrected chi connectivity index (χ2v) is 5.73. The summed E-state index contributed by atoms with van der Waals surface area (Å²) in [6.07, 6.45) is 2.03. The van der Waals surface area contributed by atoms with Crippen molar-refractivity contribution in [2.45, 2.75) is 27.7 Å². The molecule has 2 aromatic carbocycles. The molecular weight excluding hydrogens is 256 g/mol. The molecule has 0 unspecified atom stereocenters. The summed E-state index contributed by atoms with van der Waals surface area (Å²) in [7, 11) is 0. The minimum absolute atomic E-state index is 1.02. The summed E-state index contributed by atoms with van der Waals surface area (Å²) in [6.45, 7) is 8.51. The van der Waals surface area contributed by atoms with Crippen LogP contribution < -0.4 is 0 Å². The average Bonchev–Trinajstić information content (AvgIpc) is 2.91. The fourth-order valence-electron chi connectivity index (χ4n) is 2.58. The number of hydrogen-bond acceptors (Lipinski definition) is 1. The van der Waals surface area contributed by atoms with Crippen molar-refractivity contribution in [2.75, 3.05) is 0 Å². The molecular formula is C19H20N2. The molecule has 0 bridgehead atoms. The number of aryl methyl sites for hydroxylation is 4. The molecule has 0 saturated carbocycles. The molecule has 3 rings (SSSR count). The highest BCUT2D eigenvalue weighted by Gasteiger charge is 2.07. The van der Waals surface area contributed by atoms with Crippen LogP contribution in [0.15, 0.2) is 48.7 Å². The van der Waals surface area contributed by atoms with Crippen molar-refractivity contribution in [1.82, 2.24) is 9.78 Å². The summed E-state index contributed by atoms with van der Waals surface area (Å²) in [5, 5.41) is 4.73. The van der Waals surface area contributed by atoms with Gasteiger partial charge in [0.25, 0.3) is 0 Å². The van der Waals surface area contributed by atoms with Crippen molar-refractivity contribution in [3.63, 3.8) is 0 Å². The fourth-order valence-corrected chi connectivity index (χ4v) is 2.58. The SMILES string of the molecule is Cc1ccc(-c2ccn(-c3ccc(C)c(C)c3)n2)c(C)c1. The van der Waals surface area contributed by atoms with Gasteiger partial charge in [-0.25, -0.2) is 4.68 Å². The molecule has 0 aliphatic heterocycles. The Balaban J connectivity index is 2.01. The number of benzene rings is 2. The summed E-state index contributed by atoms with van der Waals surface area (Å²) in [5.74, 6) is 0. The van der Waals surface area contributed by atoms with Crippen LogP contribution >= 0.6 is 0 Å². The Morgan fingerprint density at radius 3 is 2.29 bits per heavy atom. The third-order valence-electron chi connectivity index (χ3n) is 4.00. The summed E-state index contributed by atoms with van der Waals surface area (Å²) >= 11 is 0. The highest BCUT2D eigenvalue weighted by molar-refractivity contribution is 5.64. The quantitative estimate of drug-likeness (QED) is 0.659. The van der Waals surface area contributed by atoms with E-state index in [4.69, 9.17) is 5.10 Å². The van der Waals surface area contributed by atoms with E-state index in [1.165, 1.54) is 27.8 Å². The van der Waals surface area contributed by atoms with Crippen LogP contribution in [0.1, 0.15) is 22.3 Å². The van der Waals surface area contributed by atoms with Crippen LogP contribution in [0.25, 0.3) is 16.9 Å². The fraction of sp³-hybridized carbons (Fsp3) is 0.211. The molecule has 0 aliphatic rings. The maximum Gasteiger partial charge on any atom is 0.0930 e. The second kappa shape index (κ2) is 5.21. The summed E-state index contributed by atoms with van der Waals surface area (Å²) in [6, 6.07) is 15.0. The van der Waals surface area contributed by atoms with Gasteiger partial charge in [-0.1, -0.05) is 29.8 Å². The minimum atomic E-state index is 1.02. The minimum Gasteiger partial charge on any atom is -0.240 e. The molecule has 0 radical (unpaired) electrons. The average molecular weight is 276 g/mol. The molecule has 106 valence electrons. The lowest BCUT2D eigenvalue weighted by Gasteiger charge is -2.06. The number of hydrogen-bond donors (Lipinski definition) is 0. The van der Waals surface area contributed by atoms with E-state index < -0.39 is 0 Å². The zero-order valence-corrected chi connectivity index (χ0v) is 13.0. The van der Waals surface area contributed by atoms with E-state index in [1.54, 1.807) is 0 Å². The highest BCUT2D eigenvalue weighted by atomic mass is 15.3. The lowest BCUT2D eigenvalue weighted by atomic mass is 10.0. The summed E-state index contributed by atoms with van der Waals surface area (Å²) in [4.78, 5) is 0. The van der Waals surface area contributed by atoms with Gasteiger partial charge in [0.2, 0.25) is 0 Å². The van der Waals surface area contributed by atoms with Gasteiger partial charge >= 0.3 is 0 Å². The molecule has 0 atom stereocenters. The maximum absolute atomic E-state index is 4.73. The third kappa shape index (κ3) is 2.62. The van der Waals surface area contributed by atoms with Gasteiger partial charge in [0, 0.05) is 11.8 Å². The van der Waals surface area contributed by atoms with E-state index in [2.05, 4.69) is 70.2 Å². The Morgan fingerprint density at radius 2 is 1.57 bits per heavy atom. The monoisotopic (exact) mass is 276 g/mol. The molecule has 0 spiro atoms. The van der Waals surface area contributed by atoms with Crippen LogP contribution in [-0.4, -0.2) is 9.78 Å². The zero-order chi connectivity index (χ0) is 15.0. The Labute approximate surface area is 126 Å². The third-order valence-corrected chi connectivity index (χ3v) is 4.00. The second-order valence-electron chi connectivity index (χ2n) is 5.73. The molecule has 21 heavy (non-hydrogen) atoms. The van der Waals surface area contributed by atoms with Gasteiger partial charge in [-0.2, -0.15) is 5.10 Å². The molecule has 0 fully saturated rings. The van der Waals surface area contributed by atoms with Gasteiger partial charge in [-0.3, -0.25) is 0 Å². The van der Waals surface area contributed by atoms with E-state index in [0.29, 0.717) is 0 Å². The summed E-state index contributed by atoms with van der Waals surface area (Å²) < 4.78 is 1.95. The number of rotatable bonds is 2. The number of aromatic nitrogens is 2. The van der Waals surface area contributed by atoms with E-state index in [9.17, 15) is 0 Å². The molecule has 1 aromatic heterocycles. The van der Waals surface area contributed by atoms with Crippen molar-refractivity contribution in [2.24, 2.45) is 0 Å². The number of nitrogens with zero attached hydrogens (tertiary/aromatic N) is 2. The van der Waals surface area contributed by atoms with Crippen molar-refractivity contribution >= 4 is 0 Å². The van der Waals surface area contributed by atoms with Crippen molar-refractivity contribution in [3.05, 3.63) is 70.9 Å². The predicted octanol–water partition coefficient (Wildman–Crippen LogP) is 4.77. The molecule has 0 aliphatic carbocycles. The molecule has 2 heteroatoms. The van der Waals surface area contributed by atoms with Crippen LogP contribution in [0.3, 0.4) is 0 Å². The Bertz CT molecular complexity index is 797. The predicted molar refractivity (Wildman–Crippen MR) is 87.9 cm³/mol. The first-order valence-corrected chi connectivity index (χ1v) is 7.25. The van der Waals surface area contributed by atoms with Gasteiger partial charge in [0.1, 0.15) is 0 Å². The van der Waals surface area contributed by atoms with Crippen LogP contribution in [0.2, 0.25) is 0 Å². The maximum atomic E-state index is 4.73. The highest BCUT2D eigenvalue weighted by Crippen LogP contribution is 2.23. The first-order valence-electron chi connectivity index (χ1n) is 7.25. The Hall–Kier alpha value is -2.35. The van der Waals surface area contributed by atoms with Crippen LogP contribution in [-0.2, 0) is 0 Å². The molecule has 0 saturated heterocycles. The lowest BCUT2D eigenvalue weighted by molar-refractivity contribution is 0.881. The Morgan fingerprint density at radius 1 is 0.762 bits per heavy atom. The molecule has 2 nitrogen and oxygen atoms in total. The molecule has 0 amide bonds. The van der Waals surface area contributed by atoms with Gasteiger partial charge in [-0.15, -0.1) is 0 Å². The normalized spacial score (nSPS) is 10.9. The van der Waals surface area contributed by atoms with E-state index in [-0.39, 0.29) is 0 Å². The molecule has 0 N–H and O–H groups in total. The first-order chi connectivity index (χ1) is 10.0. The Kier molecular flexibility index (Phi) is 3.38. The van der Waals surface area contributed by atoms with Gasteiger partial charge in [0.05, 0.1) is 11.4 Å². The van der Waals surface area contributed by atoms with Crippen LogP contribution in [0.5, 0.6) is 0 Å². The van der Waals surface area contributed by atoms with E-state index in [1.807, 2.05) is 10.9 Å². The van der Waals surface area contributed by atoms with Crippen molar-refractivity contribution in [3.8, 4) is 16.9 Å². The topological polar surface area (TPSA) is 17.8 Å². The van der Waals surface area contributed by atoms with Crippen LogP contribution in [0.4, 0.5) is 0 Å². The van der Waals surface area contributed by atoms with Gasteiger partial charge in [0.15, 0.2) is 0 Å². The van der Waals surface area contributed by atoms with Gasteiger partial charge < -0.3 is 0 Å². The van der Waals surface area contributed by atoms with Gasteiger partial charge in [-0.05, 0) is 62.6 Å². The molecule has 1 heterocycles. The van der Waals surface area contributed by atoms with E-state index in [0.717, 1.165) is 11.4 Å². The lowest BCUT2D eigenvalue weighted by Crippen LogP contribution is -1.96. The molecule has 3 aromatic rings. The zero-order valence-electron chi connectivity index (χ0n) is 13.0. The van der Waals surface area contributed by atoms with Crippen molar-refractivity contribution in [1.29, 1.82) is 0 Å². The first kappa shape index (κ1) is 13.6.